The molecule has 162 valence electrons. The van der Waals surface area contributed by atoms with E-state index in [2.05, 4.69) is 30.7 Å². The van der Waals surface area contributed by atoms with Crippen LogP contribution in [0.15, 0.2) is 36.8 Å². The summed E-state index contributed by atoms with van der Waals surface area (Å²) in [7, 11) is 1.90. The first-order valence-electron chi connectivity index (χ1n) is 10.3. The minimum Gasteiger partial charge on any atom is -0.507 e. The lowest BCUT2D eigenvalue weighted by Gasteiger charge is -2.45. The van der Waals surface area contributed by atoms with E-state index in [0.29, 0.717) is 30.0 Å². The Kier molecular flexibility index (Phi) is 4.81. The minimum atomic E-state index is -2.58. The number of rotatable bonds is 4. The highest BCUT2D eigenvalue weighted by atomic mass is 19.3. The quantitative estimate of drug-likeness (QED) is 0.588. The summed E-state index contributed by atoms with van der Waals surface area (Å²) in [6.07, 6.45) is 6.04. The van der Waals surface area contributed by atoms with Gasteiger partial charge in [0.25, 0.3) is 5.92 Å². The van der Waals surface area contributed by atoms with E-state index >= 15 is 0 Å². The molecule has 0 aliphatic carbocycles. The van der Waals surface area contributed by atoms with Gasteiger partial charge in [-0.2, -0.15) is 5.10 Å². The maximum atomic E-state index is 13.8. The highest BCUT2D eigenvalue weighted by molar-refractivity contribution is 5.72. The molecule has 5 rings (SSSR count). The Bertz CT molecular complexity index is 1040. The van der Waals surface area contributed by atoms with Gasteiger partial charge in [0.15, 0.2) is 11.6 Å². The summed E-state index contributed by atoms with van der Waals surface area (Å²) in [6.45, 7) is 0. The normalized spacial score (nSPS) is 24.7. The van der Waals surface area contributed by atoms with Crippen molar-refractivity contribution in [1.29, 1.82) is 0 Å². The molecule has 2 aliphatic heterocycles. The molecule has 2 saturated heterocycles. The third kappa shape index (κ3) is 3.95. The number of anilines is 1. The summed E-state index contributed by atoms with van der Waals surface area (Å²) in [5.41, 5.74) is 2.16. The Labute approximate surface area is 177 Å². The second-order valence-corrected chi connectivity index (χ2v) is 8.42. The molecule has 10 heteroatoms. The number of phenolic OH excluding ortho intramolecular Hbond substituents is 1. The van der Waals surface area contributed by atoms with E-state index in [4.69, 9.17) is 0 Å². The van der Waals surface area contributed by atoms with Crippen LogP contribution in [-0.2, 0) is 0 Å². The number of fused-ring (bicyclic) bond motifs is 2. The fourth-order valence-electron chi connectivity index (χ4n) is 4.68. The number of hydrogen-bond donors (Lipinski definition) is 3. The monoisotopic (exact) mass is 427 g/mol. The van der Waals surface area contributed by atoms with Crippen LogP contribution in [-0.4, -0.2) is 61.6 Å². The van der Waals surface area contributed by atoms with Crippen molar-refractivity contribution in [3.63, 3.8) is 0 Å². The van der Waals surface area contributed by atoms with Gasteiger partial charge in [0.1, 0.15) is 5.75 Å². The first-order valence-corrected chi connectivity index (χ1v) is 10.3. The summed E-state index contributed by atoms with van der Waals surface area (Å²) < 4.78 is 27.6. The van der Waals surface area contributed by atoms with Gasteiger partial charge in [-0.25, -0.2) is 13.8 Å². The third-order valence-corrected chi connectivity index (χ3v) is 6.20. The van der Waals surface area contributed by atoms with E-state index in [1.54, 1.807) is 30.7 Å². The largest absolute Gasteiger partial charge is 0.507 e. The van der Waals surface area contributed by atoms with Crippen LogP contribution in [0.1, 0.15) is 25.7 Å². The summed E-state index contributed by atoms with van der Waals surface area (Å²) >= 11 is 0. The predicted molar refractivity (Wildman–Crippen MR) is 111 cm³/mol. The average molecular weight is 427 g/mol. The number of nitrogens with one attached hydrogen (secondary N) is 2. The molecule has 2 aromatic heterocycles. The maximum Gasteiger partial charge on any atom is 0.251 e. The van der Waals surface area contributed by atoms with E-state index in [1.807, 2.05) is 18.0 Å². The molecule has 3 aromatic rings. The van der Waals surface area contributed by atoms with Crippen molar-refractivity contribution < 1.29 is 13.9 Å². The molecule has 0 spiro atoms. The minimum absolute atomic E-state index is 0.0497. The smallest absolute Gasteiger partial charge is 0.251 e. The van der Waals surface area contributed by atoms with E-state index in [0.717, 1.165) is 11.1 Å². The first-order chi connectivity index (χ1) is 14.9. The van der Waals surface area contributed by atoms with Crippen LogP contribution >= 0.6 is 0 Å². The van der Waals surface area contributed by atoms with Gasteiger partial charge in [0.2, 0.25) is 0 Å². The fraction of sp³-hybridized carbons (Fsp3) is 0.429. The van der Waals surface area contributed by atoms with Gasteiger partial charge in [-0.05, 0) is 30.5 Å². The molecular weight excluding hydrogens is 404 g/mol. The SMILES string of the molecule is CN(c1cnc(-c2ccc(-c3cn[nH]c3)cc2O)nn1)C1C[C@@H]2CC(F)(F)C[C@H](C1)N2. The van der Waals surface area contributed by atoms with Gasteiger partial charge in [-0.3, -0.25) is 5.10 Å². The van der Waals surface area contributed by atoms with Crippen molar-refractivity contribution in [2.75, 3.05) is 11.9 Å². The van der Waals surface area contributed by atoms with Gasteiger partial charge in [0.05, 0.1) is 18.0 Å². The molecule has 2 fully saturated rings. The van der Waals surface area contributed by atoms with Crippen molar-refractivity contribution in [1.82, 2.24) is 30.7 Å². The summed E-state index contributed by atoms with van der Waals surface area (Å²) in [5.74, 6) is -1.64. The molecule has 2 bridgehead atoms. The van der Waals surface area contributed by atoms with Crippen LogP contribution in [0, 0.1) is 0 Å². The Hall–Kier alpha value is -3.14. The number of aromatic hydroxyl groups is 1. The number of aromatic amines is 1. The number of piperidine rings is 2. The van der Waals surface area contributed by atoms with Crippen molar-refractivity contribution in [2.24, 2.45) is 0 Å². The third-order valence-electron chi connectivity index (χ3n) is 6.20. The topological polar surface area (TPSA) is 103 Å². The van der Waals surface area contributed by atoms with Crippen LogP contribution in [0.25, 0.3) is 22.5 Å². The molecule has 1 aromatic carbocycles. The second-order valence-electron chi connectivity index (χ2n) is 8.42. The van der Waals surface area contributed by atoms with Crippen LogP contribution in [0.2, 0.25) is 0 Å². The summed E-state index contributed by atoms with van der Waals surface area (Å²) in [5, 5.41) is 28.9. The van der Waals surface area contributed by atoms with E-state index < -0.39 is 5.92 Å². The number of hydrogen-bond acceptors (Lipinski definition) is 7. The zero-order valence-corrected chi connectivity index (χ0v) is 17.0. The molecule has 0 radical (unpaired) electrons. The lowest BCUT2D eigenvalue weighted by atomic mass is 9.81. The number of benzene rings is 1. The highest BCUT2D eigenvalue weighted by Gasteiger charge is 2.45. The molecule has 0 saturated carbocycles. The van der Waals surface area contributed by atoms with E-state index in [-0.39, 0.29) is 36.7 Å². The number of alkyl halides is 2. The van der Waals surface area contributed by atoms with E-state index in [1.165, 1.54) is 0 Å². The zero-order valence-electron chi connectivity index (χ0n) is 17.0. The van der Waals surface area contributed by atoms with Gasteiger partial charge in [-0.15, -0.1) is 10.2 Å². The Balaban J connectivity index is 1.31. The van der Waals surface area contributed by atoms with Crippen molar-refractivity contribution >= 4 is 5.82 Å². The molecule has 0 amide bonds. The van der Waals surface area contributed by atoms with Crippen LogP contribution in [0.5, 0.6) is 5.75 Å². The average Bonchev–Trinajstić information content (AvgIpc) is 3.27. The summed E-state index contributed by atoms with van der Waals surface area (Å²) in [4.78, 5) is 6.35. The standard InChI is InChI=1S/C21H23F2N7O/c1-30(16-5-14-7-21(22,23)8-15(6-16)27-14)19-11-24-20(29-28-19)17-3-2-12(4-18(17)31)13-9-25-26-10-13/h2-4,9-11,14-16,27,31H,5-8H2,1H3,(H,25,26)/t14-,15+,16?. The number of H-pyrrole nitrogens is 1. The summed E-state index contributed by atoms with van der Waals surface area (Å²) in [6, 6.07) is 4.94. The molecule has 31 heavy (non-hydrogen) atoms. The number of nitrogens with zero attached hydrogens (tertiary/aromatic N) is 5. The molecule has 3 atom stereocenters. The van der Waals surface area contributed by atoms with Gasteiger partial charge >= 0.3 is 0 Å². The number of phenols is 1. The van der Waals surface area contributed by atoms with E-state index in [9.17, 15) is 13.9 Å². The van der Waals surface area contributed by atoms with Gasteiger partial charge in [0, 0.05) is 49.8 Å². The maximum absolute atomic E-state index is 13.8. The molecule has 3 N–H and O–H groups in total. The second kappa shape index (κ2) is 7.52. The fourth-order valence-corrected chi connectivity index (χ4v) is 4.68. The molecule has 4 heterocycles. The van der Waals surface area contributed by atoms with Gasteiger partial charge in [-0.1, -0.05) is 6.07 Å². The number of aromatic nitrogens is 5. The van der Waals surface area contributed by atoms with Crippen LogP contribution < -0.4 is 10.2 Å². The highest BCUT2D eigenvalue weighted by Crippen LogP contribution is 2.38. The molecule has 8 nitrogen and oxygen atoms in total. The molecular formula is C21H23F2N7O. The first kappa shape index (κ1) is 19.8. The lowest BCUT2D eigenvalue weighted by Crippen LogP contribution is -2.58. The van der Waals surface area contributed by atoms with Crippen LogP contribution in [0.4, 0.5) is 14.6 Å². The number of halogens is 2. The van der Waals surface area contributed by atoms with Crippen LogP contribution in [0.3, 0.4) is 0 Å². The Morgan fingerprint density at radius 3 is 2.48 bits per heavy atom. The van der Waals surface area contributed by atoms with Gasteiger partial charge < -0.3 is 15.3 Å². The Morgan fingerprint density at radius 2 is 1.87 bits per heavy atom. The zero-order chi connectivity index (χ0) is 21.6. The predicted octanol–water partition coefficient (Wildman–Crippen LogP) is 2.99. The van der Waals surface area contributed by atoms with Crippen molar-refractivity contribution in [3.8, 4) is 28.3 Å². The van der Waals surface area contributed by atoms with Crippen molar-refractivity contribution in [3.05, 3.63) is 36.8 Å². The molecule has 2 aliphatic rings. The lowest BCUT2D eigenvalue weighted by molar-refractivity contribution is -0.0669. The van der Waals surface area contributed by atoms with Crippen molar-refractivity contribution in [2.45, 2.75) is 49.7 Å². The molecule has 1 unspecified atom stereocenters. The Morgan fingerprint density at radius 1 is 1.10 bits per heavy atom.